The molecule has 0 fully saturated rings. The first-order valence-corrected chi connectivity index (χ1v) is 8.00. The van der Waals surface area contributed by atoms with E-state index in [1.807, 2.05) is 6.92 Å². The SMILES string of the molecule is CCOc1ccc(C=NNC(=O)C(=O)Nc2ccc(Cl)cc2C)cc1. The summed E-state index contributed by atoms with van der Waals surface area (Å²) >= 11 is 5.85. The van der Waals surface area contributed by atoms with E-state index in [0.717, 1.165) is 16.9 Å². The minimum atomic E-state index is -0.864. The van der Waals surface area contributed by atoms with E-state index in [1.54, 1.807) is 49.4 Å². The molecule has 0 aliphatic carbocycles. The molecule has 0 bridgehead atoms. The van der Waals surface area contributed by atoms with Crippen LogP contribution in [0.1, 0.15) is 18.1 Å². The highest BCUT2D eigenvalue weighted by Gasteiger charge is 2.13. The van der Waals surface area contributed by atoms with E-state index < -0.39 is 11.8 Å². The molecule has 2 N–H and O–H groups in total. The molecule has 0 aromatic heterocycles. The Morgan fingerprint density at radius 2 is 1.88 bits per heavy atom. The highest BCUT2D eigenvalue weighted by molar-refractivity contribution is 6.39. The first kappa shape index (κ1) is 18.5. The van der Waals surface area contributed by atoms with Crippen molar-refractivity contribution in [3.8, 4) is 5.75 Å². The zero-order chi connectivity index (χ0) is 18.2. The fourth-order valence-corrected chi connectivity index (χ4v) is 2.21. The van der Waals surface area contributed by atoms with E-state index in [-0.39, 0.29) is 0 Å². The Morgan fingerprint density at radius 1 is 1.16 bits per heavy atom. The Balaban J connectivity index is 1.89. The lowest BCUT2D eigenvalue weighted by molar-refractivity contribution is -0.136. The van der Waals surface area contributed by atoms with Crippen molar-refractivity contribution in [1.82, 2.24) is 5.43 Å². The molecule has 2 amide bonds. The van der Waals surface area contributed by atoms with Gasteiger partial charge in [0.05, 0.1) is 12.8 Å². The fourth-order valence-electron chi connectivity index (χ4n) is 1.98. The Bertz CT molecular complexity index is 789. The summed E-state index contributed by atoms with van der Waals surface area (Å²) in [5.41, 5.74) is 4.21. The summed E-state index contributed by atoms with van der Waals surface area (Å²) in [6.07, 6.45) is 1.44. The number of ether oxygens (including phenoxy) is 1. The lowest BCUT2D eigenvalue weighted by atomic mass is 10.2. The standard InChI is InChI=1S/C18H18ClN3O3/c1-3-25-15-7-4-13(5-8-15)11-20-22-18(24)17(23)21-16-9-6-14(19)10-12(16)2/h4-11H,3H2,1-2H3,(H,21,23)(H,22,24). The second-order valence-electron chi connectivity index (χ2n) is 5.11. The summed E-state index contributed by atoms with van der Waals surface area (Å²) in [6.45, 7) is 4.27. The number of rotatable bonds is 5. The maximum atomic E-state index is 11.9. The van der Waals surface area contributed by atoms with Crippen LogP contribution in [0.15, 0.2) is 47.6 Å². The van der Waals surface area contributed by atoms with Crippen LogP contribution in [0.2, 0.25) is 5.02 Å². The molecule has 2 rings (SSSR count). The second kappa shape index (κ2) is 8.84. The van der Waals surface area contributed by atoms with Gasteiger partial charge in [0.25, 0.3) is 0 Å². The van der Waals surface area contributed by atoms with Crippen LogP contribution in [-0.2, 0) is 9.59 Å². The predicted octanol–water partition coefficient (Wildman–Crippen LogP) is 3.14. The number of halogens is 1. The van der Waals surface area contributed by atoms with Gasteiger partial charge in [-0.05, 0) is 67.4 Å². The molecule has 130 valence electrons. The Morgan fingerprint density at radius 3 is 2.52 bits per heavy atom. The number of nitrogens with zero attached hydrogens (tertiary/aromatic N) is 1. The van der Waals surface area contributed by atoms with Crippen LogP contribution in [0.5, 0.6) is 5.75 Å². The number of carbonyl (C=O) groups excluding carboxylic acids is 2. The van der Waals surface area contributed by atoms with E-state index in [2.05, 4.69) is 15.8 Å². The van der Waals surface area contributed by atoms with Crippen LogP contribution in [0.4, 0.5) is 5.69 Å². The molecule has 0 spiro atoms. The van der Waals surface area contributed by atoms with Gasteiger partial charge in [0.15, 0.2) is 0 Å². The van der Waals surface area contributed by atoms with Gasteiger partial charge in [-0.2, -0.15) is 5.10 Å². The molecule has 2 aromatic carbocycles. The second-order valence-corrected chi connectivity index (χ2v) is 5.55. The minimum Gasteiger partial charge on any atom is -0.494 e. The van der Waals surface area contributed by atoms with Gasteiger partial charge < -0.3 is 10.1 Å². The zero-order valence-corrected chi connectivity index (χ0v) is 14.6. The monoisotopic (exact) mass is 359 g/mol. The molecule has 0 aliphatic heterocycles. The van der Waals surface area contributed by atoms with Crippen molar-refractivity contribution < 1.29 is 14.3 Å². The normalized spacial score (nSPS) is 10.5. The van der Waals surface area contributed by atoms with Gasteiger partial charge in [-0.15, -0.1) is 0 Å². The lowest BCUT2D eigenvalue weighted by Gasteiger charge is -2.07. The average Bonchev–Trinajstić information content (AvgIpc) is 2.59. The highest BCUT2D eigenvalue weighted by Crippen LogP contribution is 2.19. The van der Waals surface area contributed by atoms with Gasteiger partial charge in [-0.3, -0.25) is 9.59 Å². The van der Waals surface area contributed by atoms with E-state index in [4.69, 9.17) is 16.3 Å². The van der Waals surface area contributed by atoms with Crippen molar-refractivity contribution >= 4 is 35.3 Å². The van der Waals surface area contributed by atoms with Crippen molar-refractivity contribution in [2.75, 3.05) is 11.9 Å². The predicted molar refractivity (Wildman–Crippen MR) is 98.2 cm³/mol. The third-order valence-electron chi connectivity index (χ3n) is 3.21. The van der Waals surface area contributed by atoms with Gasteiger partial charge in [0.1, 0.15) is 5.75 Å². The molecule has 0 saturated carbocycles. The number of anilines is 1. The Kier molecular flexibility index (Phi) is 6.54. The first-order valence-electron chi connectivity index (χ1n) is 7.63. The van der Waals surface area contributed by atoms with Crippen molar-refractivity contribution in [2.45, 2.75) is 13.8 Å². The Labute approximate surface area is 150 Å². The van der Waals surface area contributed by atoms with E-state index in [0.29, 0.717) is 17.3 Å². The van der Waals surface area contributed by atoms with E-state index >= 15 is 0 Å². The van der Waals surface area contributed by atoms with Crippen molar-refractivity contribution in [3.05, 3.63) is 58.6 Å². The summed E-state index contributed by atoms with van der Waals surface area (Å²) in [7, 11) is 0. The number of carbonyl (C=O) groups is 2. The van der Waals surface area contributed by atoms with Crippen molar-refractivity contribution in [3.63, 3.8) is 0 Å². The van der Waals surface area contributed by atoms with Crippen molar-refractivity contribution in [1.29, 1.82) is 0 Å². The molecular weight excluding hydrogens is 342 g/mol. The summed E-state index contributed by atoms with van der Waals surface area (Å²) in [5, 5.41) is 6.83. The number of hydrogen-bond acceptors (Lipinski definition) is 4. The van der Waals surface area contributed by atoms with E-state index in [1.165, 1.54) is 6.21 Å². The van der Waals surface area contributed by atoms with Crippen LogP contribution in [0.25, 0.3) is 0 Å². The van der Waals surface area contributed by atoms with Gasteiger partial charge in [0.2, 0.25) is 0 Å². The minimum absolute atomic E-state index is 0.514. The number of aryl methyl sites for hydroxylation is 1. The first-order chi connectivity index (χ1) is 12.0. The van der Waals surface area contributed by atoms with Crippen LogP contribution >= 0.6 is 11.6 Å². The van der Waals surface area contributed by atoms with Crippen LogP contribution in [0.3, 0.4) is 0 Å². The van der Waals surface area contributed by atoms with Gasteiger partial charge in [-0.25, -0.2) is 5.43 Å². The molecule has 25 heavy (non-hydrogen) atoms. The number of hydrogen-bond donors (Lipinski definition) is 2. The molecule has 0 unspecified atom stereocenters. The molecule has 0 saturated heterocycles. The molecule has 0 radical (unpaired) electrons. The topological polar surface area (TPSA) is 79.8 Å². The number of nitrogens with one attached hydrogen (secondary N) is 2. The molecule has 6 nitrogen and oxygen atoms in total. The quantitative estimate of drug-likeness (QED) is 0.489. The van der Waals surface area contributed by atoms with Gasteiger partial charge in [0, 0.05) is 10.7 Å². The molecule has 2 aromatic rings. The average molecular weight is 360 g/mol. The van der Waals surface area contributed by atoms with Crippen molar-refractivity contribution in [2.24, 2.45) is 5.10 Å². The summed E-state index contributed by atoms with van der Waals surface area (Å²) in [4.78, 5) is 23.6. The third kappa shape index (κ3) is 5.61. The summed E-state index contributed by atoms with van der Waals surface area (Å²) < 4.78 is 5.33. The zero-order valence-electron chi connectivity index (χ0n) is 13.9. The van der Waals surface area contributed by atoms with Crippen LogP contribution in [-0.4, -0.2) is 24.6 Å². The third-order valence-corrected chi connectivity index (χ3v) is 3.45. The summed E-state index contributed by atoms with van der Waals surface area (Å²) in [5.74, 6) is -0.924. The smallest absolute Gasteiger partial charge is 0.329 e. The van der Waals surface area contributed by atoms with Crippen LogP contribution < -0.4 is 15.5 Å². The van der Waals surface area contributed by atoms with Crippen LogP contribution in [0, 0.1) is 6.92 Å². The lowest BCUT2D eigenvalue weighted by Crippen LogP contribution is -2.32. The van der Waals surface area contributed by atoms with E-state index in [9.17, 15) is 9.59 Å². The number of benzene rings is 2. The number of hydrazone groups is 1. The maximum Gasteiger partial charge on any atom is 0.329 e. The fraction of sp³-hybridized carbons (Fsp3) is 0.167. The van der Waals surface area contributed by atoms with Gasteiger partial charge in [-0.1, -0.05) is 11.6 Å². The number of amides is 2. The molecular formula is C18H18ClN3O3. The molecule has 0 heterocycles. The van der Waals surface area contributed by atoms with Gasteiger partial charge >= 0.3 is 11.8 Å². The summed E-state index contributed by atoms with van der Waals surface area (Å²) in [6, 6.07) is 12.1. The molecule has 0 aliphatic rings. The largest absolute Gasteiger partial charge is 0.494 e. The highest BCUT2D eigenvalue weighted by atomic mass is 35.5. The molecule has 7 heteroatoms. The molecule has 0 atom stereocenters. The maximum absolute atomic E-state index is 11.9. The Hall–Kier alpha value is -2.86.